The van der Waals surface area contributed by atoms with Gasteiger partial charge in [-0.15, -0.1) is 6.42 Å². The molecule has 0 bridgehead atoms. The predicted molar refractivity (Wildman–Crippen MR) is 44.3 cm³/mol. The van der Waals surface area contributed by atoms with Gasteiger partial charge in [0.2, 0.25) is 0 Å². The molecule has 10 heavy (non-hydrogen) atoms. The van der Waals surface area contributed by atoms with E-state index < -0.39 is 0 Å². The zero-order valence-corrected chi connectivity index (χ0v) is 5.83. The Labute approximate surface area is 61.9 Å². The third-order valence-electron chi connectivity index (χ3n) is 0.785. The molecule has 0 aliphatic heterocycles. The molecule has 1 aromatic carbocycles. The van der Waals surface area contributed by atoms with E-state index in [2.05, 4.69) is 12.3 Å². The summed E-state index contributed by atoms with van der Waals surface area (Å²) in [6.45, 7) is 0.347. The molecule has 0 aromatic heterocycles. The second kappa shape index (κ2) is 7.74. The molecule has 1 nitrogen and oxygen atoms in total. The van der Waals surface area contributed by atoms with Crippen molar-refractivity contribution in [1.82, 2.24) is 0 Å². The highest BCUT2D eigenvalue weighted by Gasteiger charge is 1.57. The van der Waals surface area contributed by atoms with Crippen molar-refractivity contribution >= 4 is 0 Å². The van der Waals surface area contributed by atoms with Crippen LogP contribution < -0.4 is 5.73 Å². The van der Waals surface area contributed by atoms with Crippen molar-refractivity contribution in [3.8, 4) is 12.3 Å². The Bertz CT molecular complexity index is 147. The Kier molecular flexibility index (Phi) is 6.76. The summed E-state index contributed by atoms with van der Waals surface area (Å²) in [5, 5.41) is 0. The lowest BCUT2D eigenvalue weighted by molar-refractivity contribution is 1.30. The van der Waals surface area contributed by atoms with E-state index in [0.29, 0.717) is 6.54 Å². The Morgan fingerprint density at radius 2 is 1.20 bits per heavy atom. The molecular formula is C9H11N. The maximum atomic E-state index is 4.79. The molecule has 0 fully saturated rings. The van der Waals surface area contributed by atoms with E-state index in [0.717, 1.165) is 0 Å². The van der Waals surface area contributed by atoms with E-state index in [1.807, 2.05) is 36.4 Å². The lowest BCUT2D eigenvalue weighted by Crippen LogP contribution is -1.91. The average Bonchev–Trinajstić information content (AvgIpc) is 2.08. The lowest BCUT2D eigenvalue weighted by Gasteiger charge is -1.69. The smallest absolute Gasteiger partial charge is 0.0548 e. The zero-order chi connectivity index (χ0) is 7.66. The fourth-order valence-corrected chi connectivity index (χ4v) is 0.385. The molecule has 0 amide bonds. The van der Waals surface area contributed by atoms with Crippen molar-refractivity contribution in [2.24, 2.45) is 5.73 Å². The van der Waals surface area contributed by atoms with Crippen LogP contribution in [0, 0.1) is 12.3 Å². The van der Waals surface area contributed by atoms with E-state index in [4.69, 9.17) is 5.73 Å². The van der Waals surface area contributed by atoms with Crippen LogP contribution in [-0.4, -0.2) is 6.54 Å². The largest absolute Gasteiger partial charge is 0.320 e. The number of hydrogen-bond donors (Lipinski definition) is 1. The number of nitrogens with two attached hydrogens (primary N) is 1. The summed E-state index contributed by atoms with van der Waals surface area (Å²) in [7, 11) is 0. The van der Waals surface area contributed by atoms with Gasteiger partial charge in [-0.2, -0.15) is 0 Å². The highest BCUT2D eigenvalue weighted by Crippen LogP contribution is 1.79. The van der Waals surface area contributed by atoms with Crippen molar-refractivity contribution in [3.63, 3.8) is 0 Å². The minimum atomic E-state index is 0.347. The first kappa shape index (κ1) is 8.74. The average molecular weight is 133 g/mol. The molecule has 0 saturated heterocycles. The molecule has 1 rings (SSSR count). The SMILES string of the molecule is C#CCN.c1ccccc1. The van der Waals surface area contributed by atoms with Crippen molar-refractivity contribution in [1.29, 1.82) is 0 Å². The van der Waals surface area contributed by atoms with Gasteiger partial charge in [0.15, 0.2) is 0 Å². The third kappa shape index (κ3) is 6.74. The van der Waals surface area contributed by atoms with Crippen molar-refractivity contribution in [2.45, 2.75) is 0 Å². The Morgan fingerprint density at radius 3 is 1.30 bits per heavy atom. The first-order chi connectivity index (χ1) is 4.91. The first-order valence-corrected chi connectivity index (χ1v) is 3.05. The van der Waals surface area contributed by atoms with Crippen LogP contribution in [0.15, 0.2) is 36.4 Å². The van der Waals surface area contributed by atoms with Gasteiger partial charge in [-0.25, -0.2) is 0 Å². The summed E-state index contributed by atoms with van der Waals surface area (Å²) in [5.74, 6) is 2.21. The maximum absolute atomic E-state index is 4.79. The fraction of sp³-hybridized carbons (Fsp3) is 0.111. The Morgan fingerprint density at radius 1 is 1.00 bits per heavy atom. The van der Waals surface area contributed by atoms with Gasteiger partial charge >= 0.3 is 0 Å². The highest BCUT2D eigenvalue weighted by molar-refractivity contribution is 4.99. The summed E-state index contributed by atoms with van der Waals surface area (Å²) in [4.78, 5) is 0. The molecule has 0 unspecified atom stereocenters. The van der Waals surface area contributed by atoms with Gasteiger partial charge in [0.05, 0.1) is 6.54 Å². The van der Waals surface area contributed by atoms with E-state index in [-0.39, 0.29) is 0 Å². The summed E-state index contributed by atoms with van der Waals surface area (Å²) in [6.07, 6.45) is 4.65. The lowest BCUT2D eigenvalue weighted by atomic mass is 10.4. The van der Waals surface area contributed by atoms with Crippen molar-refractivity contribution < 1.29 is 0 Å². The monoisotopic (exact) mass is 133 g/mol. The number of terminal acetylenes is 1. The van der Waals surface area contributed by atoms with Gasteiger partial charge in [-0.3, -0.25) is 0 Å². The van der Waals surface area contributed by atoms with Crippen LogP contribution >= 0.6 is 0 Å². The quantitative estimate of drug-likeness (QED) is 0.530. The van der Waals surface area contributed by atoms with Gasteiger partial charge in [-0.1, -0.05) is 42.3 Å². The van der Waals surface area contributed by atoms with Gasteiger partial charge in [0, 0.05) is 0 Å². The molecule has 0 aliphatic rings. The fourth-order valence-electron chi connectivity index (χ4n) is 0.385. The number of benzene rings is 1. The number of hydrogen-bond acceptors (Lipinski definition) is 1. The van der Waals surface area contributed by atoms with Gasteiger partial charge in [0.1, 0.15) is 0 Å². The molecular weight excluding hydrogens is 122 g/mol. The molecule has 2 N–H and O–H groups in total. The predicted octanol–water partition coefficient (Wildman–Crippen LogP) is 1.26. The van der Waals surface area contributed by atoms with Gasteiger partial charge < -0.3 is 5.73 Å². The second-order valence-electron chi connectivity index (χ2n) is 1.56. The van der Waals surface area contributed by atoms with Crippen LogP contribution in [0.3, 0.4) is 0 Å². The molecule has 0 heterocycles. The van der Waals surface area contributed by atoms with Gasteiger partial charge in [-0.05, 0) is 0 Å². The van der Waals surface area contributed by atoms with Crippen LogP contribution in [-0.2, 0) is 0 Å². The molecule has 1 aromatic rings. The third-order valence-corrected chi connectivity index (χ3v) is 0.785. The summed E-state index contributed by atoms with van der Waals surface area (Å²) >= 11 is 0. The number of rotatable bonds is 0. The van der Waals surface area contributed by atoms with Crippen LogP contribution in [0.2, 0.25) is 0 Å². The van der Waals surface area contributed by atoms with Crippen LogP contribution in [0.5, 0.6) is 0 Å². The summed E-state index contributed by atoms with van der Waals surface area (Å²) < 4.78 is 0. The van der Waals surface area contributed by atoms with Crippen LogP contribution in [0.1, 0.15) is 0 Å². The normalized spacial score (nSPS) is 6.80. The molecule has 52 valence electrons. The van der Waals surface area contributed by atoms with Crippen LogP contribution in [0.25, 0.3) is 0 Å². The zero-order valence-electron chi connectivity index (χ0n) is 5.83. The second-order valence-corrected chi connectivity index (χ2v) is 1.56. The molecule has 0 atom stereocenters. The van der Waals surface area contributed by atoms with E-state index in [9.17, 15) is 0 Å². The maximum Gasteiger partial charge on any atom is 0.0548 e. The van der Waals surface area contributed by atoms with E-state index >= 15 is 0 Å². The Balaban J connectivity index is 0.000000180. The summed E-state index contributed by atoms with van der Waals surface area (Å²) in [5.41, 5.74) is 4.79. The topological polar surface area (TPSA) is 26.0 Å². The van der Waals surface area contributed by atoms with Crippen LogP contribution in [0.4, 0.5) is 0 Å². The molecule has 1 heteroatoms. The minimum absolute atomic E-state index is 0.347. The van der Waals surface area contributed by atoms with E-state index in [1.165, 1.54) is 0 Å². The molecule has 0 radical (unpaired) electrons. The van der Waals surface area contributed by atoms with E-state index in [1.54, 1.807) is 0 Å². The molecule has 0 saturated carbocycles. The molecule has 0 aliphatic carbocycles. The standard InChI is InChI=1S/C6H6.C3H5N/c1-2-4-6-5-3-1;1-2-3-4/h1-6H;1H,3-4H2. The highest BCUT2D eigenvalue weighted by atomic mass is 14.5. The molecule has 0 spiro atoms. The first-order valence-electron chi connectivity index (χ1n) is 3.05. The minimum Gasteiger partial charge on any atom is -0.320 e. The summed E-state index contributed by atoms with van der Waals surface area (Å²) in [6, 6.07) is 12.0. The van der Waals surface area contributed by atoms with Crippen molar-refractivity contribution in [3.05, 3.63) is 36.4 Å². The van der Waals surface area contributed by atoms with Gasteiger partial charge in [0.25, 0.3) is 0 Å². The van der Waals surface area contributed by atoms with Crippen molar-refractivity contribution in [2.75, 3.05) is 6.54 Å². The Hall–Kier alpha value is -1.26.